The molecular formula is C35H31Cl2N3O5S. The lowest BCUT2D eigenvalue weighted by molar-refractivity contribution is -0.114. The summed E-state index contributed by atoms with van der Waals surface area (Å²) in [7, 11) is 0. The van der Waals surface area contributed by atoms with Crippen molar-refractivity contribution < 1.29 is 23.9 Å². The van der Waals surface area contributed by atoms with E-state index in [9.17, 15) is 19.2 Å². The third kappa shape index (κ3) is 10.2. The topological polar surface area (TPSA) is 114 Å². The fraction of sp³-hybridized carbons (Fsp3) is 0.143. The molecule has 0 fully saturated rings. The van der Waals surface area contributed by atoms with E-state index in [0.29, 0.717) is 39.7 Å². The van der Waals surface area contributed by atoms with Crippen LogP contribution in [0.5, 0.6) is 0 Å². The van der Waals surface area contributed by atoms with E-state index in [2.05, 4.69) is 16.0 Å². The van der Waals surface area contributed by atoms with Gasteiger partial charge in [0, 0.05) is 21.8 Å². The summed E-state index contributed by atoms with van der Waals surface area (Å²) in [5.41, 5.74) is 2.27. The molecule has 0 heterocycles. The smallest absolute Gasteiger partial charge is 0.338 e. The number of anilines is 2. The molecule has 0 saturated carbocycles. The Balaban J connectivity index is 1.35. The first-order valence-corrected chi connectivity index (χ1v) is 16.1. The number of nitrogens with one attached hydrogen (secondary N) is 3. The Kier molecular flexibility index (Phi) is 12.8. The van der Waals surface area contributed by atoms with E-state index in [0.717, 1.165) is 17.7 Å². The number of amides is 3. The molecule has 3 N–H and O–H groups in total. The number of hydrogen-bond donors (Lipinski definition) is 3. The highest BCUT2D eigenvalue weighted by Crippen LogP contribution is 2.27. The minimum atomic E-state index is -0.569. The normalized spacial score (nSPS) is 11.0. The van der Waals surface area contributed by atoms with Crippen molar-refractivity contribution in [3.63, 3.8) is 0 Å². The number of hydrogen-bond acceptors (Lipinski definition) is 6. The average molecular weight is 677 g/mol. The molecule has 0 aliphatic carbocycles. The van der Waals surface area contributed by atoms with Gasteiger partial charge < -0.3 is 20.7 Å². The van der Waals surface area contributed by atoms with E-state index < -0.39 is 17.8 Å². The zero-order chi connectivity index (χ0) is 32.9. The van der Waals surface area contributed by atoms with Crippen molar-refractivity contribution in [2.24, 2.45) is 0 Å². The Morgan fingerprint density at radius 3 is 2.15 bits per heavy atom. The Morgan fingerprint density at radius 2 is 1.46 bits per heavy atom. The maximum Gasteiger partial charge on any atom is 0.338 e. The lowest BCUT2D eigenvalue weighted by atomic mass is 10.1. The molecule has 0 atom stereocenters. The largest absolute Gasteiger partial charge is 0.462 e. The number of ether oxygens (including phenoxy) is 1. The quantitative estimate of drug-likeness (QED) is 0.0571. The molecule has 0 spiro atoms. The third-order valence-electron chi connectivity index (χ3n) is 6.43. The third-order valence-corrected chi connectivity index (χ3v) is 8.27. The van der Waals surface area contributed by atoms with Crippen LogP contribution < -0.4 is 16.0 Å². The molecule has 0 saturated heterocycles. The number of esters is 1. The molecule has 0 aliphatic heterocycles. The number of rotatable bonds is 13. The summed E-state index contributed by atoms with van der Waals surface area (Å²) in [5, 5.41) is 8.81. The molecule has 0 aliphatic rings. The van der Waals surface area contributed by atoms with Gasteiger partial charge in [-0.2, -0.15) is 0 Å². The van der Waals surface area contributed by atoms with E-state index >= 15 is 0 Å². The van der Waals surface area contributed by atoms with Crippen molar-refractivity contribution in [1.82, 2.24) is 5.32 Å². The highest BCUT2D eigenvalue weighted by Gasteiger charge is 2.16. The Morgan fingerprint density at radius 1 is 0.783 bits per heavy atom. The molecule has 4 rings (SSSR count). The molecule has 0 bridgehead atoms. The summed E-state index contributed by atoms with van der Waals surface area (Å²) >= 11 is 13.8. The molecule has 8 nitrogen and oxygen atoms in total. The second-order valence-electron chi connectivity index (χ2n) is 9.90. The van der Waals surface area contributed by atoms with Crippen LogP contribution in [0.1, 0.15) is 46.0 Å². The standard InChI is InChI=1S/C35H31Cl2N3O5S/c1-2-3-20-45-35(44)24-12-14-26(15-13-24)38-31(41)22-46-28-18-16-27(17-19-28)39-34(43)30(21-25-10-7-11-29(36)32(25)37)40-33(42)23-8-5-4-6-9-23/h4-19,21H,2-3,20,22H2,1H3,(H,38,41)(H,39,43)(H,40,42)/b30-21-. The van der Waals surface area contributed by atoms with Gasteiger partial charge in [0.05, 0.1) is 28.0 Å². The molecule has 0 unspecified atom stereocenters. The monoisotopic (exact) mass is 675 g/mol. The minimum Gasteiger partial charge on any atom is -0.462 e. The van der Waals surface area contributed by atoms with Crippen LogP contribution in [0, 0.1) is 0 Å². The molecule has 236 valence electrons. The van der Waals surface area contributed by atoms with Gasteiger partial charge in [0.1, 0.15) is 5.70 Å². The molecular weight excluding hydrogens is 645 g/mol. The number of halogens is 2. The van der Waals surface area contributed by atoms with Crippen LogP contribution in [0.2, 0.25) is 10.0 Å². The first kappa shape index (κ1) is 34.3. The maximum absolute atomic E-state index is 13.3. The van der Waals surface area contributed by atoms with E-state index in [1.165, 1.54) is 17.8 Å². The van der Waals surface area contributed by atoms with Gasteiger partial charge in [0.25, 0.3) is 11.8 Å². The van der Waals surface area contributed by atoms with Crippen molar-refractivity contribution in [3.8, 4) is 0 Å². The lowest BCUT2D eigenvalue weighted by Gasteiger charge is -2.12. The van der Waals surface area contributed by atoms with Gasteiger partial charge in [0.15, 0.2) is 0 Å². The van der Waals surface area contributed by atoms with Gasteiger partial charge in [-0.1, -0.05) is 66.9 Å². The fourth-order valence-corrected chi connectivity index (χ4v) is 5.05. The first-order valence-electron chi connectivity index (χ1n) is 14.4. The number of carbonyl (C=O) groups is 4. The van der Waals surface area contributed by atoms with Crippen molar-refractivity contribution in [2.75, 3.05) is 23.0 Å². The number of benzene rings is 4. The number of carbonyl (C=O) groups excluding carboxylic acids is 4. The van der Waals surface area contributed by atoms with Crippen molar-refractivity contribution in [1.29, 1.82) is 0 Å². The molecule has 4 aromatic rings. The van der Waals surface area contributed by atoms with E-state index in [4.69, 9.17) is 27.9 Å². The molecule has 4 aromatic carbocycles. The van der Waals surface area contributed by atoms with Crippen molar-refractivity contribution >= 4 is 76.1 Å². The van der Waals surface area contributed by atoms with Crippen LogP contribution in [0.4, 0.5) is 11.4 Å². The zero-order valence-corrected chi connectivity index (χ0v) is 27.2. The SMILES string of the molecule is CCCCOC(=O)c1ccc(NC(=O)CSc2ccc(NC(=O)/C(=C/c3cccc(Cl)c3Cl)NC(=O)c3ccccc3)cc2)cc1. The van der Waals surface area contributed by atoms with Crippen LogP contribution in [0.15, 0.2) is 108 Å². The maximum atomic E-state index is 13.3. The van der Waals surface area contributed by atoms with Crippen LogP contribution in [-0.2, 0) is 14.3 Å². The fourth-order valence-electron chi connectivity index (χ4n) is 3.99. The van der Waals surface area contributed by atoms with Crippen LogP contribution in [0.3, 0.4) is 0 Å². The summed E-state index contributed by atoms with van der Waals surface area (Å²) in [6, 6.07) is 27.0. The van der Waals surface area contributed by atoms with Crippen molar-refractivity contribution in [2.45, 2.75) is 24.7 Å². The summed E-state index contributed by atoms with van der Waals surface area (Å²) < 4.78 is 5.20. The summed E-state index contributed by atoms with van der Waals surface area (Å²) in [4.78, 5) is 51.6. The molecule has 0 radical (unpaired) electrons. The zero-order valence-electron chi connectivity index (χ0n) is 24.8. The van der Waals surface area contributed by atoms with Gasteiger partial charge in [0.2, 0.25) is 5.91 Å². The Hall–Kier alpha value is -4.57. The van der Waals surface area contributed by atoms with E-state index in [1.807, 2.05) is 6.92 Å². The number of unbranched alkanes of at least 4 members (excludes halogenated alkanes) is 1. The van der Waals surface area contributed by atoms with Gasteiger partial charge in [-0.25, -0.2) is 4.79 Å². The minimum absolute atomic E-state index is 0.0328. The van der Waals surface area contributed by atoms with Gasteiger partial charge in [-0.15, -0.1) is 11.8 Å². The van der Waals surface area contributed by atoms with E-state index in [-0.39, 0.29) is 22.4 Å². The predicted octanol–water partition coefficient (Wildman–Crippen LogP) is 8.09. The summed E-state index contributed by atoms with van der Waals surface area (Å²) in [5.74, 6) is -1.50. The highest BCUT2D eigenvalue weighted by molar-refractivity contribution is 8.00. The lowest BCUT2D eigenvalue weighted by Crippen LogP contribution is -2.30. The second kappa shape index (κ2) is 17.2. The Bertz CT molecular complexity index is 1710. The number of thioether (sulfide) groups is 1. The molecule has 46 heavy (non-hydrogen) atoms. The van der Waals surface area contributed by atoms with Crippen LogP contribution in [-0.4, -0.2) is 36.1 Å². The summed E-state index contributed by atoms with van der Waals surface area (Å²) in [6.45, 7) is 2.40. The average Bonchev–Trinajstić information content (AvgIpc) is 3.07. The molecule has 3 amide bonds. The first-order chi connectivity index (χ1) is 22.2. The van der Waals surface area contributed by atoms with Gasteiger partial charge >= 0.3 is 5.97 Å². The van der Waals surface area contributed by atoms with Crippen molar-refractivity contribution in [3.05, 3.63) is 129 Å². The van der Waals surface area contributed by atoms with Crippen LogP contribution in [0.25, 0.3) is 6.08 Å². The Labute approximate surface area is 281 Å². The highest BCUT2D eigenvalue weighted by atomic mass is 35.5. The van der Waals surface area contributed by atoms with Crippen LogP contribution >= 0.6 is 35.0 Å². The predicted molar refractivity (Wildman–Crippen MR) is 184 cm³/mol. The molecule has 0 aromatic heterocycles. The molecule has 11 heteroatoms. The van der Waals surface area contributed by atoms with E-state index in [1.54, 1.807) is 97.1 Å². The second-order valence-corrected chi connectivity index (χ2v) is 11.7. The summed E-state index contributed by atoms with van der Waals surface area (Å²) in [6.07, 6.45) is 3.20. The van der Waals surface area contributed by atoms with Gasteiger partial charge in [-0.3, -0.25) is 14.4 Å². The van der Waals surface area contributed by atoms with Gasteiger partial charge in [-0.05, 0) is 84.8 Å².